The molecule has 6 nitrogen and oxygen atoms in total. The fourth-order valence-corrected chi connectivity index (χ4v) is 3.08. The van der Waals surface area contributed by atoms with Gasteiger partial charge in [0.15, 0.2) is 0 Å². The molecule has 1 saturated carbocycles. The van der Waals surface area contributed by atoms with Crippen molar-refractivity contribution in [1.29, 1.82) is 0 Å². The molecule has 22 heavy (non-hydrogen) atoms. The monoisotopic (exact) mass is 300 g/mol. The van der Waals surface area contributed by atoms with Crippen LogP contribution in [0.15, 0.2) is 29.8 Å². The predicted octanol–water partition coefficient (Wildman–Crippen LogP) is 1.46. The van der Waals surface area contributed by atoms with Crippen molar-refractivity contribution in [3.05, 3.63) is 46.8 Å². The summed E-state index contributed by atoms with van der Waals surface area (Å²) in [5.41, 5.74) is 2.48. The molecule has 0 N–H and O–H groups in total. The second kappa shape index (κ2) is 5.12. The van der Waals surface area contributed by atoms with Gasteiger partial charge in [-0.25, -0.2) is 14.2 Å². The summed E-state index contributed by atoms with van der Waals surface area (Å²) < 4.78 is 3.43. The van der Waals surface area contributed by atoms with E-state index >= 15 is 0 Å². The Morgan fingerprint density at radius 3 is 2.77 bits per heavy atom. The van der Waals surface area contributed by atoms with Gasteiger partial charge in [0.2, 0.25) is 5.91 Å². The molecule has 0 aromatic carbocycles. The molecule has 0 aliphatic heterocycles. The highest BCUT2D eigenvalue weighted by atomic mass is 16.2. The third kappa shape index (κ3) is 2.06. The van der Waals surface area contributed by atoms with Gasteiger partial charge in [0.05, 0.1) is 0 Å². The Kier molecular flexibility index (Phi) is 3.39. The highest BCUT2D eigenvalue weighted by molar-refractivity contribution is 5.87. The van der Waals surface area contributed by atoms with Gasteiger partial charge in [-0.2, -0.15) is 0 Å². The zero-order valence-electron chi connectivity index (χ0n) is 13.1. The molecule has 6 heteroatoms. The van der Waals surface area contributed by atoms with Gasteiger partial charge in [0.1, 0.15) is 5.65 Å². The van der Waals surface area contributed by atoms with Crippen molar-refractivity contribution in [1.82, 2.24) is 18.9 Å². The van der Waals surface area contributed by atoms with Crippen molar-refractivity contribution in [3.8, 4) is 0 Å². The van der Waals surface area contributed by atoms with Crippen LogP contribution in [0.3, 0.4) is 0 Å². The number of carbonyl (C=O) groups excluding carboxylic acids is 1. The number of carbonyl (C=O) groups is 1. The number of aromatic nitrogens is 3. The third-order valence-electron chi connectivity index (χ3n) is 4.59. The van der Waals surface area contributed by atoms with Crippen LogP contribution in [0.1, 0.15) is 30.1 Å². The molecule has 3 rings (SSSR count). The Morgan fingerprint density at radius 1 is 1.45 bits per heavy atom. The van der Waals surface area contributed by atoms with Crippen LogP contribution >= 0.6 is 0 Å². The van der Waals surface area contributed by atoms with Crippen LogP contribution in [-0.2, 0) is 4.79 Å². The van der Waals surface area contributed by atoms with Gasteiger partial charge in [0, 0.05) is 42.8 Å². The molecular formula is C16H20N4O2. The van der Waals surface area contributed by atoms with E-state index in [1.165, 1.54) is 6.08 Å². The smallest absolute Gasteiger partial charge is 0.334 e. The van der Waals surface area contributed by atoms with Crippen LogP contribution in [-0.4, -0.2) is 37.8 Å². The summed E-state index contributed by atoms with van der Waals surface area (Å²) >= 11 is 0. The number of hydrogen-bond donors (Lipinski definition) is 0. The van der Waals surface area contributed by atoms with Gasteiger partial charge in [-0.15, -0.1) is 0 Å². The number of rotatable bonds is 3. The van der Waals surface area contributed by atoms with Crippen molar-refractivity contribution >= 4 is 11.6 Å². The highest BCUT2D eigenvalue weighted by Crippen LogP contribution is 2.34. The van der Waals surface area contributed by atoms with Crippen molar-refractivity contribution < 1.29 is 4.79 Å². The molecule has 2 aromatic rings. The lowest BCUT2D eigenvalue weighted by molar-refractivity contribution is -0.129. The van der Waals surface area contributed by atoms with Crippen LogP contribution < -0.4 is 5.69 Å². The predicted molar refractivity (Wildman–Crippen MR) is 84.0 cm³/mol. The summed E-state index contributed by atoms with van der Waals surface area (Å²) in [4.78, 5) is 30.3. The Balaban J connectivity index is 1.89. The number of fused-ring (bicyclic) bond motifs is 1. The number of imidazole rings is 1. The average molecular weight is 300 g/mol. The minimum atomic E-state index is -0.0760. The molecule has 116 valence electrons. The van der Waals surface area contributed by atoms with Crippen LogP contribution in [0, 0.1) is 13.8 Å². The number of amides is 1. The molecule has 0 spiro atoms. The molecule has 1 fully saturated rings. The molecule has 2 heterocycles. The van der Waals surface area contributed by atoms with Crippen LogP contribution in [0.5, 0.6) is 0 Å². The number of aryl methyl sites for hydroxylation is 2. The summed E-state index contributed by atoms with van der Waals surface area (Å²) in [5.74, 6) is -0.0760. The Hall–Kier alpha value is -2.37. The van der Waals surface area contributed by atoms with Gasteiger partial charge in [-0.3, -0.25) is 9.36 Å². The molecule has 0 bridgehead atoms. The molecule has 0 unspecified atom stereocenters. The topological polar surface area (TPSA) is 59.6 Å². The summed E-state index contributed by atoms with van der Waals surface area (Å²) in [6, 6.07) is 0.296. The fraction of sp³-hybridized carbons (Fsp3) is 0.438. The first-order valence-electron chi connectivity index (χ1n) is 7.39. The highest BCUT2D eigenvalue weighted by Gasteiger charge is 2.35. The lowest BCUT2D eigenvalue weighted by Gasteiger charge is -2.41. The summed E-state index contributed by atoms with van der Waals surface area (Å²) in [6.45, 7) is 7.35. The minimum Gasteiger partial charge on any atom is -0.339 e. The van der Waals surface area contributed by atoms with Crippen LogP contribution in [0.2, 0.25) is 0 Å². The molecule has 0 atom stereocenters. The standard InChI is InChI=1S/C16H20N4O2/c1-5-14(21)18(4)12-6-13(7-12)19-9-10(2)15-17-8-11(3)20(15)16(19)22/h5,8-9,12-13H,1,6-7H2,2-4H3. The molecule has 0 radical (unpaired) electrons. The summed E-state index contributed by atoms with van der Waals surface area (Å²) in [6.07, 6.45) is 6.49. The first-order chi connectivity index (χ1) is 10.4. The van der Waals surface area contributed by atoms with Crippen LogP contribution in [0.4, 0.5) is 0 Å². The van der Waals surface area contributed by atoms with Crippen molar-refractivity contribution in [2.24, 2.45) is 0 Å². The maximum absolute atomic E-state index is 12.7. The van der Waals surface area contributed by atoms with E-state index in [0.717, 1.165) is 24.1 Å². The van der Waals surface area contributed by atoms with E-state index < -0.39 is 0 Å². The number of hydrogen-bond acceptors (Lipinski definition) is 3. The third-order valence-corrected chi connectivity index (χ3v) is 4.59. The van der Waals surface area contributed by atoms with Gasteiger partial charge in [-0.1, -0.05) is 6.58 Å². The zero-order valence-corrected chi connectivity index (χ0v) is 13.1. The molecule has 1 aliphatic carbocycles. The number of nitrogens with zero attached hydrogens (tertiary/aromatic N) is 4. The van der Waals surface area contributed by atoms with Crippen molar-refractivity contribution in [2.75, 3.05) is 7.05 Å². The summed E-state index contributed by atoms with van der Waals surface area (Å²) in [7, 11) is 1.78. The Bertz CT molecular complexity index is 811. The van der Waals surface area contributed by atoms with Gasteiger partial charge in [0.25, 0.3) is 0 Å². The van der Waals surface area contributed by atoms with Gasteiger partial charge >= 0.3 is 5.69 Å². The normalized spacial score (nSPS) is 20.7. The fourth-order valence-electron chi connectivity index (χ4n) is 3.08. The second-order valence-electron chi connectivity index (χ2n) is 5.99. The molecule has 1 amide bonds. The van der Waals surface area contributed by atoms with Crippen molar-refractivity contribution in [3.63, 3.8) is 0 Å². The Morgan fingerprint density at radius 2 is 2.14 bits per heavy atom. The minimum absolute atomic E-state index is 0.0586. The van der Waals surface area contributed by atoms with E-state index in [2.05, 4.69) is 11.6 Å². The first-order valence-corrected chi connectivity index (χ1v) is 7.39. The largest absolute Gasteiger partial charge is 0.339 e. The van der Waals surface area contributed by atoms with E-state index in [9.17, 15) is 9.59 Å². The first kappa shape index (κ1) is 14.6. The van der Waals surface area contributed by atoms with Gasteiger partial charge in [-0.05, 0) is 32.8 Å². The summed E-state index contributed by atoms with van der Waals surface area (Å²) in [5, 5.41) is 0. The van der Waals surface area contributed by atoms with Gasteiger partial charge < -0.3 is 4.90 Å². The van der Waals surface area contributed by atoms with E-state index in [1.807, 2.05) is 20.0 Å². The number of likely N-dealkylation sites (N-methyl/N-ethyl adjacent to an activating group) is 1. The second-order valence-corrected chi connectivity index (χ2v) is 5.99. The molecule has 1 aliphatic rings. The Labute approximate surface area is 128 Å². The van der Waals surface area contributed by atoms with E-state index in [-0.39, 0.29) is 23.7 Å². The molecule has 2 aromatic heterocycles. The average Bonchev–Trinajstić information content (AvgIpc) is 2.84. The lowest BCUT2D eigenvalue weighted by atomic mass is 9.85. The van der Waals surface area contributed by atoms with E-state index in [0.29, 0.717) is 5.65 Å². The van der Waals surface area contributed by atoms with E-state index in [4.69, 9.17) is 0 Å². The lowest BCUT2D eigenvalue weighted by Crippen LogP contribution is -2.48. The quantitative estimate of drug-likeness (QED) is 0.806. The molecule has 0 saturated heterocycles. The maximum Gasteiger partial charge on any atom is 0.334 e. The van der Waals surface area contributed by atoms with Crippen molar-refractivity contribution in [2.45, 2.75) is 38.8 Å². The molecular weight excluding hydrogens is 280 g/mol. The SMILES string of the molecule is C=CC(=O)N(C)C1CC(n2cc(C)c3ncc(C)n3c2=O)C1. The maximum atomic E-state index is 12.7. The zero-order chi connectivity index (χ0) is 16.0. The van der Waals surface area contributed by atoms with E-state index in [1.54, 1.807) is 27.1 Å². The van der Waals surface area contributed by atoms with Crippen LogP contribution in [0.25, 0.3) is 5.65 Å².